The van der Waals surface area contributed by atoms with Crippen molar-refractivity contribution in [3.63, 3.8) is 0 Å². The van der Waals surface area contributed by atoms with Gasteiger partial charge in [-0.15, -0.1) is 0 Å². The minimum atomic E-state index is -4.35. The second-order valence-electron chi connectivity index (χ2n) is 4.30. The van der Waals surface area contributed by atoms with Gasteiger partial charge in [-0.3, -0.25) is 4.84 Å². The van der Waals surface area contributed by atoms with E-state index >= 15 is 0 Å². The first kappa shape index (κ1) is 14.5. The molecular weight excluding hydrogens is 271 g/mol. The molecule has 1 atom stereocenters. The van der Waals surface area contributed by atoms with Gasteiger partial charge in [-0.1, -0.05) is 18.2 Å². The fourth-order valence-electron chi connectivity index (χ4n) is 1.60. The number of halogens is 3. The average Bonchev–Trinajstić information content (AvgIpc) is 2.88. The van der Waals surface area contributed by atoms with Gasteiger partial charge in [0.25, 0.3) is 0 Å². The Hall–Kier alpha value is -1.86. The number of hydrogen-bond donors (Lipinski definition) is 1. The van der Waals surface area contributed by atoms with Gasteiger partial charge in [0.2, 0.25) is 0 Å². The summed E-state index contributed by atoms with van der Waals surface area (Å²) in [4.78, 5) is 4.42. The van der Waals surface area contributed by atoms with Gasteiger partial charge in [0, 0.05) is 11.8 Å². The SMILES string of the molecule is CC(NOCC(F)(F)F)c1cnn(-c2ccccc2)c1. The second-order valence-corrected chi connectivity index (χ2v) is 4.30. The fourth-order valence-corrected chi connectivity index (χ4v) is 1.60. The summed E-state index contributed by atoms with van der Waals surface area (Å²) < 4.78 is 37.5. The molecule has 1 aromatic heterocycles. The van der Waals surface area contributed by atoms with Crippen LogP contribution in [0, 0.1) is 0 Å². The van der Waals surface area contributed by atoms with Crippen LogP contribution in [-0.4, -0.2) is 22.6 Å². The Morgan fingerprint density at radius 1 is 1.30 bits per heavy atom. The van der Waals surface area contributed by atoms with Crippen LogP contribution in [0.3, 0.4) is 0 Å². The number of hydrogen-bond acceptors (Lipinski definition) is 3. The largest absolute Gasteiger partial charge is 0.413 e. The highest BCUT2D eigenvalue weighted by Crippen LogP contribution is 2.17. The zero-order chi connectivity index (χ0) is 14.6. The van der Waals surface area contributed by atoms with E-state index in [1.165, 1.54) is 0 Å². The first-order chi connectivity index (χ1) is 9.46. The van der Waals surface area contributed by atoms with E-state index in [0.717, 1.165) is 11.3 Å². The van der Waals surface area contributed by atoms with Gasteiger partial charge < -0.3 is 0 Å². The molecule has 2 aromatic rings. The van der Waals surface area contributed by atoms with Crippen molar-refractivity contribution >= 4 is 0 Å². The number of para-hydroxylation sites is 1. The lowest BCUT2D eigenvalue weighted by atomic mass is 10.2. The molecule has 0 spiro atoms. The molecular formula is C13H14F3N3O. The zero-order valence-corrected chi connectivity index (χ0v) is 10.8. The van der Waals surface area contributed by atoms with Gasteiger partial charge in [0.05, 0.1) is 17.9 Å². The maximum atomic E-state index is 12.0. The summed E-state index contributed by atoms with van der Waals surface area (Å²) in [5.74, 6) is 0. The zero-order valence-electron chi connectivity index (χ0n) is 10.8. The molecule has 1 N–H and O–H groups in total. The lowest BCUT2D eigenvalue weighted by molar-refractivity contribution is -0.192. The van der Waals surface area contributed by atoms with Crippen molar-refractivity contribution < 1.29 is 18.0 Å². The van der Waals surface area contributed by atoms with E-state index in [0.29, 0.717) is 0 Å². The first-order valence-electron chi connectivity index (χ1n) is 6.00. The minimum absolute atomic E-state index is 0.394. The van der Waals surface area contributed by atoms with Crippen LogP contribution in [0.1, 0.15) is 18.5 Å². The molecule has 0 radical (unpaired) electrons. The number of nitrogens with zero attached hydrogens (tertiary/aromatic N) is 2. The summed E-state index contributed by atoms with van der Waals surface area (Å²) in [7, 11) is 0. The van der Waals surface area contributed by atoms with Crippen molar-refractivity contribution in [1.82, 2.24) is 15.3 Å². The third-order valence-corrected chi connectivity index (χ3v) is 2.62. The van der Waals surface area contributed by atoms with Crippen LogP contribution in [0.4, 0.5) is 13.2 Å². The molecule has 2 rings (SSSR count). The number of alkyl halides is 3. The Labute approximate surface area is 114 Å². The molecule has 0 aliphatic heterocycles. The van der Waals surface area contributed by atoms with Gasteiger partial charge in [0.15, 0.2) is 6.61 Å². The standard InChI is InChI=1S/C13H14F3N3O/c1-10(18-20-9-13(14,15)16)11-7-17-19(8-11)12-5-3-2-4-6-12/h2-8,10,18H,9H2,1H3. The van der Waals surface area contributed by atoms with Gasteiger partial charge in [-0.2, -0.15) is 23.8 Å². The maximum Gasteiger partial charge on any atom is 0.413 e. The number of nitrogens with one attached hydrogen (secondary N) is 1. The van der Waals surface area contributed by atoms with Crippen LogP contribution in [-0.2, 0) is 4.84 Å². The molecule has 0 bridgehead atoms. The summed E-state index contributed by atoms with van der Waals surface area (Å²) in [6, 6.07) is 9.03. The van der Waals surface area contributed by atoms with Crippen molar-refractivity contribution in [3.05, 3.63) is 48.3 Å². The first-order valence-corrected chi connectivity index (χ1v) is 6.00. The lowest BCUT2D eigenvalue weighted by Crippen LogP contribution is -2.26. The van der Waals surface area contributed by atoms with Crippen molar-refractivity contribution in [2.45, 2.75) is 19.1 Å². The van der Waals surface area contributed by atoms with Gasteiger partial charge in [0.1, 0.15) is 0 Å². The Balaban J connectivity index is 1.95. The molecule has 0 saturated carbocycles. The summed E-state index contributed by atoms with van der Waals surface area (Å²) in [5.41, 5.74) is 3.96. The average molecular weight is 285 g/mol. The van der Waals surface area contributed by atoms with Gasteiger partial charge in [-0.25, -0.2) is 4.68 Å². The van der Waals surface area contributed by atoms with Crippen LogP contribution < -0.4 is 5.48 Å². The highest BCUT2D eigenvalue weighted by Gasteiger charge is 2.28. The Morgan fingerprint density at radius 2 is 2.00 bits per heavy atom. The van der Waals surface area contributed by atoms with E-state index in [1.807, 2.05) is 30.3 Å². The minimum Gasteiger partial charge on any atom is -0.292 e. The molecule has 0 aliphatic rings. The molecule has 0 amide bonds. The van der Waals surface area contributed by atoms with Crippen LogP contribution in [0.25, 0.3) is 5.69 Å². The summed E-state index contributed by atoms with van der Waals surface area (Å²) in [6.45, 7) is 0.368. The van der Waals surface area contributed by atoms with E-state index < -0.39 is 18.8 Å². The van der Waals surface area contributed by atoms with Gasteiger partial charge in [-0.05, 0) is 19.1 Å². The molecule has 0 aliphatic carbocycles. The topological polar surface area (TPSA) is 39.1 Å². The van der Waals surface area contributed by atoms with Gasteiger partial charge >= 0.3 is 6.18 Å². The summed E-state index contributed by atoms with van der Waals surface area (Å²) in [6.07, 6.45) is -1.02. The van der Waals surface area contributed by atoms with Crippen LogP contribution in [0.2, 0.25) is 0 Å². The van der Waals surface area contributed by atoms with E-state index in [9.17, 15) is 13.2 Å². The normalized spacial score (nSPS) is 13.4. The predicted molar refractivity (Wildman–Crippen MR) is 67.1 cm³/mol. The Kier molecular flexibility index (Phi) is 4.41. The number of rotatable bonds is 5. The van der Waals surface area contributed by atoms with Crippen molar-refractivity contribution in [3.8, 4) is 5.69 Å². The molecule has 20 heavy (non-hydrogen) atoms. The molecule has 1 unspecified atom stereocenters. The molecule has 1 aromatic carbocycles. The number of benzene rings is 1. The quantitative estimate of drug-likeness (QED) is 0.858. The second kappa shape index (κ2) is 6.06. The lowest BCUT2D eigenvalue weighted by Gasteiger charge is -2.13. The Morgan fingerprint density at radius 3 is 2.65 bits per heavy atom. The van der Waals surface area contributed by atoms with Crippen LogP contribution in [0.15, 0.2) is 42.7 Å². The van der Waals surface area contributed by atoms with E-state index in [1.54, 1.807) is 24.0 Å². The van der Waals surface area contributed by atoms with E-state index in [2.05, 4.69) is 15.4 Å². The van der Waals surface area contributed by atoms with Crippen LogP contribution >= 0.6 is 0 Å². The van der Waals surface area contributed by atoms with Crippen molar-refractivity contribution in [2.75, 3.05) is 6.61 Å². The Bertz CT molecular complexity index is 539. The summed E-state index contributed by atoms with van der Waals surface area (Å²) in [5, 5.41) is 4.16. The van der Waals surface area contributed by atoms with E-state index in [4.69, 9.17) is 0 Å². The van der Waals surface area contributed by atoms with Crippen LogP contribution in [0.5, 0.6) is 0 Å². The summed E-state index contributed by atoms with van der Waals surface area (Å²) >= 11 is 0. The maximum absolute atomic E-state index is 12.0. The molecule has 0 fully saturated rings. The van der Waals surface area contributed by atoms with E-state index in [-0.39, 0.29) is 0 Å². The van der Waals surface area contributed by atoms with Crippen molar-refractivity contribution in [1.29, 1.82) is 0 Å². The highest BCUT2D eigenvalue weighted by molar-refractivity contribution is 5.31. The molecule has 7 heteroatoms. The number of aromatic nitrogens is 2. The molecule has 108 valence electrons. The third kappa shape index (κ3) is 4.07. The fraction of sp³-hybridized carbons (Fsp3) is 0.308. The highest BCUT2D eigenvalue weighted by atomic mass is 19.4. The molecule has 0 saturated heterocycles. The number of hydroxylamine groups is 1. The molecule has 4 nitrogen and oxygen atoms in total. The third-order valence-electron chi connectivity index (χ3n) is 2.62. The monoisotopic (exact) mass is 285 g/mol. The smallest absolute Gasteiger partial charge is 0.292 e. The predicted octanol–water partition coefficient (Wildman–Crippen LogP) is 3.02. The van der Waals surface area contributed by atoms with Crippen molar-refractivity contribution in [2.24, 2.45) is 0 Å². The molecule has 1 heterocycles.